The lowest BCUT2D eigenvalue weighted by molar-refractivity contribution is 0.0903. The minimum atomic E-state index is -0.364. The van der Waals surface area contributed by atoms with E-state index in [1.54, 1.807) is 25.3 Å². The van der Waals surface area contributed by atoms with E-state index in [1.807, 2.05) is 0 Å². The van der Waals surface area contributed by atoms with Crippen LogP contribution in [0.15, 0.2) is 28.9 Å². The van der Waals surface area contributed by atoms with Gasteiger partial charge in [-0.1, -0.05) is 0 Å². The van der Waals surface area contributed by atoms with Crippen LogP contribution in [0.3, 0.4) is 0 Å². The third kappa shape index (κ3) is 4.16. The molecule has 2 fully saturated rings. The van der Waals surface area contributed by atoms with Crippen LogP contribution in [-0.2, 0) is 4.74 Å². The lowest BCUT2D eigenvalue weighted by Crippen LogP contribution is -2.36. The number of hydrogen-bond donors (Lipinski definition) is 2. The predicted octanol–water partition coefficient (Wildman–Crippen LogP) is 1.86. The molecule has 2 aliphatic rings. The van der Waals surface area contributed by atoms with Crippen LogP contribution in [0.5, 0.6) is 5.75 Å². The highest BCUT2D eigenvalue weighted by Crippen LogP contribution is 2.35. The van der Waals surface area contributed by atoms with Crippen LogP contribution in [0.2, 0.25) is 0 Å². The molecular formula is C20H22N4O4. The molecule has 1 saturated heterocycles. The van der Waals surface area contributed by atoms with Crippen molar-refractivity contribution >= 4 is 5.91 Å². The summed E-state index contributed by atoms with van der Waals surface area (Å²) in [6.45, 7) is 1.28. The maximum atomic E-state index is 12.5. The fraction of sp³-hybridized carbons (Fsp3) is 0.450. The molecule has 1 amide bonds. The molecule has 1 saturated carbocycles. The second kappa shape index (κ2) is 8.00. The van der Waals surface area contributed by atoms with E-state index >= 15 is 0 Å². The van der Waals surface area contributed by atoms with Crippen molar-refractivity contribution in [1.82, 2.24) is 15.6 Å². The minimum Gasteiger partial charge on any atom is -0.490 e. The van der Waals surface area contributed by atoms with Gasteiger partial charge in [-0.05, 0) is 37.5 Å². The molecule has 0 bridgehead atoms. The Hall–Kier alpha value is -2.89. The van der Waals surface area contributed by atoms with Crippen LogP contribution >= 0.6 is 0 Å². The molecule has 1 aliphatic carbocycles. The van der Waals surface area contributed by atoms with E-state index in [9.17, 15) is 10.1 Å². The number of ether oxygens (including phenoxy) is 2. The highest BCUT2D eigenvalue weighted by molar-refractivity contribution is 5.90. The molecule has 8 nitrogen and oxygen atoms in total. The van der Waals surface area contributed by atoms with Gasteiger partial charge in [-0.3, -0.25) is 4.79 Å². The van der Waals surface area contributed by atoms with Gasteiger partial charge in [-0.2, -0.15) is 5.26 Å². The standard InChI is InChI=1S/C20H22N4O4/c1-26-10-14-7-13(9-22-14)23-19(25)20-24-17(11-27-20)16-6-12(8-21)2-5-18(16)28-15-3-4-15/h2,5-6,11,13-15,22H,3-4,7,9-10H2,1H3,(H,23,25)/t13-,14-/m1/s1. The highest BCUT2D eigenvalue weighted by Gasteiger charge is 2.28. The highest BCUT2D eigenvalue weighted by atomic mass is 16.5. The summed E-state index contributed by atoms with van der Waals surface area (Å²) in [6.07, 6.45) is 4.45. The first-order chi connectivity index (χ1) is 13.7. The van der Waals surface area contributed by atoms with Crippen LogP contribution in [-0.4, -0.2) is 49.3 Å². The Kier molecular flexibility index (Phi) is 5.28. The van der Waals surface area contributed by atoms with Gasteiger partial charge in [0.2, 0.25) is 0 Å². The Labute approximate surface area is 162 Å². The van der Waals surface area contributed by atoms with E-state index < -0.39 is 0 Å². The second-order valence-electron chi connectivity index (χ2n) is 7.14. The Morgan fingerprint density at radius 2 is 2.32 bits per heavy atom. The number of amides is 1. The number of hydrogen-bond acceptors (Lipinski definition) is 7. The Morgan fingerprint density at radius 3 is 3.07 bits per heavy atom. The van der Waals surface area contributed by atoms with Crippen molar-refractivity contribution in [3.05, 3.63) is 35.9 Å². The van der Waals surface area contributed by atoms with E-state index in [1.165, 1.54) is 6.26 Å². The molecule has 2 N–H and O–H groups in total. The fourth-order valence-corrected chi connectivity index (χ4v) is 3.27. The van der Waals surface area contributed by atoms with Crippen molar-refractivity contribution < 1.29 is 18.7 Å². The molecule has 2 aromatic rings. The summed E-state index contributed by atoms with van der Waals surface area (Å²) in [5.74, 6) is 0.270. The molecule has 28 heavy (non-hydrogen) atoms. The van der Waals surface area contributed by atoms with E-state index in [-0.39, 0.29) is 30.0 Å². The average Bonchev–Trinajstić information content (AvgIpc) is 3.19. The molecule has 2 heterocycles. The van der Waals surface area contributed by atoms with Gasteiger partial charge in [0.25, 0.3) is 5.89 Å². The molecular weight excluding hydrogens is 360 g/mol. The molecule has 8 heteroatoms. The maximum absolute atomic E-state index is 12.5. The summed E-state index contributed by atoms with van der Waals surface area (Å²) in [5.41, 5.74) is 1.62. The number of nitriles is 1. The monoisotopic (exact) mass is 382 g/mol. The Morgan fingerprint density at radius 1 is 1.46 bits per heavy atom. The van der Waals surface area contributed by atoms with Crippen molar-refractivity contribution in [3.8, 4) is 23.1 Å². The molecule has 0 unspecified atom stereocenters. The maximum Gasteiger partial charge on any atom is 0.307 e. The Balaban J connectivity index is 1.48. The second-order valence-corrected chi connectivity index (χ2v) is 7.14. The van der Waals surface area contributed by atoms with Gasteiger partial charge in [-0.15, -0.1) is 0 Å². The van der Waals surface area contributed by atoms with Crippen molar-refractivity contribution in [2.24, 2.45) is 0 Å². The number of carbonyl (C=O) groups excluding carboxylic acids is 1. The van der Waals surface area contributed by atoms with Crippen LogP contribution < -0.4 is 15.4 Å². The van der Waals surface area contributed by atoms with Crippen molar-refractivity contribution in [1.29, 1.82) is 5.26 Å². The molecule has 0 radical (unpaired) electrons. The van der Waals surface area contributed by atoms with E-state index in [0.29, 0.717) is 35.7 Å². The SMILES string of the molecule is COC[C@H]1C[C@@H](NC(=O)c2nc(-c3cc(C#N)ccc3OC3CC3)co2)CN1. The van der Waals surface area contributed by atoms with Crippen molar-refractivity contribution in [3.63, 3.8) is 0 Å². The lowest BCUT2D eigenvalue weighted by atomic mass is 10.1. The van der Waals surface area contributed by atoms with E-state index in [0.717, 1.165) is 19.3 Å². The number of nitrogens with zero attached hydrogens (tertiary/aromatic N) is 2. The zero-order valence-corrected chi connectivity index (χ0v) is 15.6. The van der Waals surface area contributed by atoms with Crippen molar-refractivity contribution in [2.75, 3.05) is 20.3 Å². The first-order valence-corrected chi connectivity index (χ1v) is 9.36. The number of nitrogens with one attached hydrogen (secondary N) is 2. The number of benzene rings is 1. The van der Waals surface area contributed by atoms with Gasteiger partial charge < -0.3 is 24.5 Å². The molecule has 1 aromatic carbocycles. The fourth-order valence-electron chi connectivity index (χ4n) is 3.27. The quantitative estimate of drug-likeness (QED) is 0.752. The summed E-state index contributed by atoms with van der Waals surface area (Å²) < 4.78 is 16.5. The third-order valence-corrected chi connectivity index (χ3v) is 4.83. The Bertz CT molecular complexity index is 900. The zero-order chi connectivity index (χ0) is 19.5. The van der Waals surface area contributed by atoms with Gasteiger partial charge in [0, 0.05) is 31.3 Å². The van der Waals surface area contributed by atoms with Crippen LogP contribution in [0, 0.1) is 11.3 Å². The molecule has 1 aromatic heterocycles. The minimum absolute atomic E-state index is 0.00122. The molecule has 4 rings (SSSR count). The molecule has 146 valence electrons. The number of carbonyl (C=O) groups is 1. The first kappa shape index (κ1) is 18.5. The summed E-state index contributed by atoms with van der Waals surface area (Å²) in [5, 5.41) is 15.4. The van der Waals surface area contributed by atoms with Crippen LogP contribution in [0.1, 0.15) is 35.5 Å². The largest absolute Gasteiger partial charge is 0.490 e. The molecule has 2 atom stereocenters. The first-order valence-electron chi connectivity index (χ1n) is 9.36. The van der Waals surface area contributed by atoms with Crippen LogP contribution in [0.4, 0.5) is 0 Å². The summed E-state index contributed by atoms with van der Waals surface area (Å²) in [7, 11) is 1.66. The molecule has 0 spiro atoms. The van der Waals surface area contributed by atoms with E-state index in [4.69, 9.17) is 13.9 Å². The molecule has 1 aliphatic heterocycles. The smallest absolute Gasteiger partial charge is 0.307 e. The summed E-state index contributed by atoms with van der Waals surface area (Å²) >= 11 is 0. The van der Waals surface area contributed by atoms with Gasteiger partial charge >= 0.3 is 5.91 Å². The van der Waals surface area contributed by atoms with Gasteiger partial charge in [0.15, 0.2) is 0 Å². The summed E-state index contributed by atoms with van der Waals surface area (Å²) in [6, 6.07) is 7.52. The van der Waals surface area contributed by atoms with Gasteiger partial charge in [-0.25, -0.2) is 4.98 Å². The topological polar surface area (TPSA) is 109 Å². The predicted molar refractivity (Wildman–Crippen MR) is 99.8 cm³/mol. The lowest BCUT2D eigenvalue weighted by Gasteiger charge is -2.10. The zero-order valence-electron chi connectivity index (χ0n) is 15.6. The number of methoxy groups -OCH3 is 1. The average molecular weight is 382 g/mol. The number of aromatic nitrogens is 1. The van der Waals surface area contributed by atoms with Crippen LogP contribution in [0.25, 0.3) is 11.3 Å². The van der Waals surface area contributed by atoms with Gasteiger partial charge in [0.1, 0.15) is 17.7 Å². The van der Waals surface area contributed by atoms with Gasteiger partial charge in [0.05, 0.1) is 24.3 Å². The van der Waals surface area contributed by atoms with Crippen molar-refractivity contribution in [2.45, 2.75) is 37.5 Å². The van der Waals surface area contributed by atoms with E-state index in [2.05, 4.69) is 21.7 Å². The number of rotatable bonds is 7. The number of oxazole rings is 1. The normalized spacial score (nSPS) is 21.3. The third-order valence-electron chi connectivity index (χ3n) is 4.83. The summed E-state index contributed by atoms with van der Waals surface area (Å²) in [4.78, 5) is 16.8.